The standard InChI is InChI=1S/C22H31N3O3/c1-22(2,3)28-21(27)25-13-11-17(12-14-25)24-20(26)10-6-7-16-15-23-19-9-5-4-8-18(16)19/h4-5,8-9,15,17,23H,6-7,10-14H2,1-3H3,(H,24,26). The van der Waals surface area contributed by atoms with Crippen molar-refractivity contribution in [2.24, 2.45) is 0 Å². The Balaban J connectivity index is 1.37. The third-order valence-electron chi connectivity index (χ3n) is 5.04. The number of H-pyrrole nitrogens is 1. The highest BCUT2D eigenvalue weighted by Gasteiger charge is 2.27. The Morgan fingerprint density at radius 2 is 1.93 bits per heavy atom. The van der Waals surface area contributed by atoms with Crippen LogP contribution in [0.4, 0.5) is 4.79 Å². The van der Waals surface area contributed by atoms with Crippen molar-refractivity contribution in [3.05, 3.63) is 36.0 Å². The van der Waals surface area contributed by atoms with Crippen LogP contribution in [-0.2, 0) is 16.0 Å². The van der Waals surface area contributed by atoms with Crippen LogP contribution in [0.2, 0.25) is 0 Å². The molecule has 0 saturated carbocycles. The van der Waals surface area contributed by atoms with E-state index in [0.717, 1.165) is 31.2 Å². The van der Waals surface area contributed by atoms with Crippen molar-refractivity contribution >= 4 is 22.9 Å². The van der Waals surface area contributed by atoms with E-state index in [9.17, 15) is 9.59 Å². The molecule has 152 valence electrons. The molecule has 1 aliphatic heterocycles. The van der Waals surface area contributed by atoms with E-state index in [1.807, 2.05) is 39.1 Å². The average Bonchev–Trinajstić information content (AvgIpc) is 3.04. The fraction of sp³-hybridized carbons (Fsp3) is 0.545. The Kier molecular flexibility index (Phi) is 6.27. The topological polar surface area (TPSA) is 74.4 Å². The number of piperidine rings is 1. The molecule has 3 rings (SSSR count). The van der Waals surface area contributed by atoms with Crippen molar-refractivity contribution < 1.29 is 14.3 Å². The minimum Gasteiger partial charge on any atom is -0.444 e. The number of nitrogens with zero attached hydrogens (tertiary/aromatic N) is 1. The molecule has 1 aliphatic rings. The van der Waals surface area contributed by atoms with Gasteiger partial charge in [-0.15, -0.1) is 0 Å². The summed E-state index contributed by atoms with van der Waals surface area (Å²) in [4.78, 5) is 29.4. The van der Waals surface area contributed by atoms with Crippen molar-refractivity contribution in [3.8, 4) is 0 Å². The number of para-hydroxylation sites is 1. The largest absolute Gasteiger partial charge is 0.444 e. The molecule has 1 aromatic heterocycles. The van der Waals surface area contributed by atoms with Crippen molar-refractivity contribution in [2.45, 2.75) is 64.5 Å². The van der Waals surface area contributed by atoms with Crippen molar-refractivity contribution in [1.29, 1.82) is 0 Å². The van der Waals surface area contributed by atoms with Crippen LogP contribution in [0.1, 0.15) is 52.0 Å². The molecule has 2 aromatic rings. The molecular formula is C22H31N3O3. The summed E-state index contributed by atoms with van der Waals surface area (Å²) in [5, 5.41) is 4.35. The predicted octanol–water partition coefficient (Wildman–Crippen LogP) is 4.01. The highest BCUT2D eigenvalue weighted by molar-refractivity contribution is 5.83. The maximum absolute atomic E-state index is 12.3. The summed E-state index contributed by atoms with van der Waals surface area (Å²) in [6.45, 7) is 6.85. The molecule has 0 spiro atoms. The predicted molar refractivity (Wildman–Crippen MR) is 110 cm³/mol. The van der Waals surface area contributed by atoms with Crippen LogP contribution in [0, 0.1) is 0 Å². The molecular weight excluding hydrogens is 354 g/mol. The van der Waals surface area contributed by atoms with Crippen LogP contribution in [0.3, 0.4) is 0 Å². The Morgan fingerprint density at radius 1 is 1.21 bits per heavy atom. The van der Waals surface area contributed by atoms with E-state index in [0.29, 0.717) is 19.5 Å². The number of carbonyl (C=O) groups is 2. The number of fused-ring (bicyclic) bond motifs is 1. The van der Waals surface area contributed by atoms with Crippen LogP contribution < -0.4 is 5.32 Å². The molecule has 1 saturated heterocycles. The lowest BCUT2D eigenvalue weighted by atomic mass is 10.0. The fourth-order valence-electron chi connectivity index (χ4n) is 3.61. The van der Waals surface area contributed by atoms with Gasteiger partial charge in [0.1, 0.15) is 5.60 Å². The Labute approximate surface area is 166 Å². The smallest absolute Gasteiger partial charge is 0.410 e. The lowest BCUT2D eigenvalue weighted by Crippen LogP contribution is -2.47. The van der Waals surface area contributed by atoms with E-state index < -0.39 is 5.60 Å². The highest BCUT2D eigenvalue weighted by Crippen LogP contribution is 2.20. The number of rotatable bonds is 5. The molecule has 0 aliphatic carbocycles. The van der Waals surface area contributed by atoms with Gasteiger partial charge in [-0.1, -0.05) is 18.2 Å². The molecule has 2 heterocycles. The van der Waals surface area contributed by atoms with Crippen LogP contribution in [0.15, 0.2) is 30.5 Å². The third kappa shape index (κ3) is 5.50. The molecule has 1 fully saturated rings. The van der Waals surface area contributed by atoms with Crippen LogP contribution >= 0.6 is 0 Å². The number of benzene rings is 1. The number of amides is 2. The van der Waals surface area contributed by atoms with E-state index in [4.69, 9.17) is 4.74 Å². The third-order valence-corrected chi connectivity index (χ3v) is 5.04. The van der Waals surface area contributed by atoms with Gasteiger partial charge in [-0.25, -0.2) is 4.79 Å². The zero-order chi connectivity index (χ0) is 20.1. The molecule has 0 unspecified atom stereocenters. The number of ether oxygens (including phenoxy) is 1. The molecule has 0 radical (unpaired) electrons. The molecule has 2 amide bonds. The first-order valence-electron chi connectivity index (χ1n) is 10.1. The molecule has 6 heteroatoms. The molecule has 0 bridgehead atoms. The van der Waals surface area contributed by atoms with Gasteiger partial charge >= 0.3 is 6.09 Å². The normalized spacial score (nSPS) is 15.6. The van der Waals surface area contributed by atoms with Gasteiger partial charge < -0.3 is 19.9 Å². The van der Waals surface area contributed by atoms with Crippen molar-refractivity contribution in [3.63, 3.8) is 0 Å². The Morgan fingerprint density at radius 3 is 2.64 bits per heavy atom. The minimum atomic E-state index is -0.479. The quantitative estimate of drug-likeness (QED) is 0.817. The molecule has 6 nitrogen and oxygen atoms in total. The number of hydrogen-bond donors (Lipinski definition) is 2. The van der Waals surface area contributed by atoms with Gasteiger partial charge in [-0.05, 0) is 58.1 Å². The monoisotopic (exact) mass is 385 g/mol. The van der Waals surface area contributed by atoms with Gasteiger partial charge in [-0.2, -0.15) is 0 Å². The second-order valence-corrected chi connectivity index (χ2v) is 8.52. The van der Waals surface area contributed by atoms with Gasteiger partial charge in [0.2, 0.25) is 5.91 Å². The maximum Gasteiger partial charge on any atom is 0.410 e. The van der Waals surface area contributed by atoms with Crippen molar-refractivity contribution in [1.82, 2.24) is 15.2 Å². The SMILES string of the molecule is CC(C)(C)OC(=O)N1CCC(NC(=O)CCCc2c[nH]c3ccccc23)CC1. The van der Waals surface area contributed by atoms with Crippen LogP contribution in [0.5, 0.6) is 0 Å². The summed E-state index contributed by atoms with van der Waals surface area (Å²) in [5.41, 5.74) is 1.92. The summed E-state index contributed by atoms with van der Waals surface area (Å²) >= 11 is 0. The zero-order valence-corrected chi connectivity index (χ0v) is 17.1. The van der Waals surface area contributed by atoms with E-state index >= 15 is 0 Å². The number of carbonyl (C=O) groups excluding carboxylic acids is 2. The van der Waals surface area contributed by atoms with Crippen LogP contribution in [0.25, 0.3) is 10.9 Å². The average molecular weight is 386 g/mol. The first kappa shape index (κ1) is 20.2. The van der Waals surface area contributed by atoms with Gasteiger partial charge in [0, 0.05) is 42.7 Å². The summed E-state index contributed by atoms with van der Waals surface area (Å²) in [6, 6.07) is 8.37. The lowest BCUT2D eigenvalue weighted by Gasteiger charge is -2.33. The van der Waals surface area contributed by atoms with E-state index in [2.05, 4.69) is 22.4 Å². The summed E-state index contributed by atoms with van der Waals surface area (Å²) in [7, 11) is 0. The Hall–Kier alpha value is -2.50. The number of hydrogen-bond acceptors (Lipinski definition) is 3. The molecule has 2 N–H and O–H groups in total. The number of nitrogens with one attached hydrogen (secondary N) is 2. The second kappa shape index (κ2) is 8.67. The van der Waals surface area contributed by atoms with Gasteiger partial charge in [-0.3, -0.25) is 4.79 Å². The molecule has 28 heavy (non-hydrogen) atoms. The van der Waals surface area contributed by atoms with Gasteiger partial charge in [0.15, 0.2) is 0 Å². The number of aryl methyl sites for hydroxylation is 1. The minimum absolute atomic E-state index is 0.0931. The van der Waals surface area contributed by atoms with Crippen LogP contribution in [-0.4, -0.2) is 46.6 Å². The van der Waals surface area contributed by atoms with E-state index in [1.165, 1.54) is 10.9 Å². The molecule has 0 atom stereocenters. The maximum atomic E-state index is 12.3. The molecule has 1 aromatic carbocycles. The number of aromatic amines is 1. The second-order valence-electron chi connectivity index (χ2n) is 8.52. The first-order valence-corrected chi connectivity index (χ1v) is 10.1. The zero-order valence-electron chi connectivity index (χ0n) is 17.1. The first-order chi connectivity index (χ1) is 13.3. The summed E-state index contributed by atoms with van der Waals surface area (Å²) in [6.07, 6.45) is 5.54. The number of aromatic nitrogens is 1. The summed E-state index contributed by atoms with van der Waals surface area (Å²) in [5.74, 6) is 0.0931. The Bertz CT molecular complexity index is 814. The van der Waals surface area contributed by atoms with Gasteiger partial charge in [0.25, 0.3) is 0 Å². The highest BCUT2D eigenvalue weighted by atomic mass is 16.6. The number of likely N-dealkylation sites (tertiary alicyclic amines) is 1. The lowest BCUT2D eigenvalue weighted by molar-refractivity contribution is -0.122. The summed E-state index contributed by atoms with van der Waals surface area (Å²) < 4.78 is 5.41. The fourth-order valence-corrected chi connectivity index (χ4v) is 3.61. The van der Waals surface area contributed by atoms with E-state index in [1.54, 1.807) is 4.90 Å². The van der Waals surface area contributed by atoms with E-state index in [-0.39, 0.29) is 18.0 Å². The van der Waals surface area contributed by atoms with Gasteiger partial charge in [0.05, 0.1) is 0 Å². The van der Waals surface area contributed by atoms with Crippen molar-refractivity contribution in [2.75, 3.05) is 13.1 Å².